The number of aryl methyl sites for hydroxylation is 2. The molecule has 0 amide bonds. The molecule has 182 valence electrons. The predicted molar refractivity (Wildman–Crippen MR) is 143 cm³/mol. The van der Waals surface area contributed by atoms with Crippen LogP contribution < -0.4 is 0 Å². The first-order valence-electron chi connectivity index (χ1n) is 12.0. The van der Waals surface area contributed by atoms with E-state index in [4.69, 9.17) is 9.52 Å². The molecule has 3 rings (SSSR count). The van der Waals surface area contributed by atoms with Crippen LogP contribution in [0.4, 0.5) is 5.69 Å². The fourth-order valence-corrected chi connectivity index (χ4v) is 7.23. The SMILES string of the molecule is CCc1cccc(CC)c1-n1ccnc1C(=Nc1ccccc1)OP(=O)(C(C)(C)C)C(C)(C)C. The van der Waals surface area contributed by atoms with E-state index in [0.29, 0.717) is 5.82 Å². The molecule has 3 aromatic rings. The predicted octanol–water partition coefficient (Wildman–Crippen LogP) is 7.97. The molecule has 0 aliphatic carbocycles. The summed E-state index contributed by atoms with van der Waals surface area (Å²) in [5, 5.41) is -1.17. The summed E-state index contributed by atoms with van der Waals surface area (Å²) in [5.74, 6) is 0.825. The van der Waals surface area contributed by atoms with Crippen molar-refractivity contribution in [1.29, 1.82) is 0 Å². The topological polar surface area (TPSA) is 56.5 Å². The lowest BCUT2D eigenvalue weighted by Crippen LogP contribution is -2.32. The molecule has 0 saturated carbocycles. The van der Waals surface area contributed by atoms with Crippen LogP contribution >= 0.6 is 7.37 Å². The van der Waals surface area contributed by atoms with Crippen LogP contribution in [-0.4, -0.2) is 25.8 Å². The van der Waals surface area contributed by atoms with Crippen LogP contribution in [0.15, 0.2) is 65.9 Å². The van der Waals surface area contributed by atoms with Crippen molar-refractivity contribution < 1.29 is 9.09 Å². The van der Waals surface area contributed by atoms with Gasteiger partial charge in [0.2, 0.25) is 5.82 Å². The van der Waals surface area contributed by atoms with Gasteiger partial charge in [0.25, 0.3) is 13.3 Å². The fraction of sp³-hybridized carbons (Fsp3) is 0.429. The van der Waals surface area contributed by atoms with Crippen LogP contribution in [0.1, 0.15) is 72.3 Å². The van der Waals surface area contributed by atoms with Crippen molar-refractivity contribution in [3.05, 3.63) is 77.9 Å². The lowest BCUT2D eigenvalue weighted by molar-refractivity contribution is 0.413. The first-order valence-corrected chi connectivity index (χ1v) is 13.6. The molecule has 0 aliphatic heterocycles. The minimum atomic E-state index is -3.25. The maximum Gasteiger partial charge on any atom is 0.264 e. The Kier molecular flexibility index (Phi) is 7.57. The van der Waals surface area contributed by atoms with Gasteiger partial charge in [-0.25, -0.2) is 9.98 Å². The molecule has 6 heteroatoms. The number of nitrogens with zero attached hydrogens (tertiary/aromatic N) is 3. The molecule has 0 radical (unpaired) electrons. The lowest BCUT2D eigenvalue weighted by atomic mass is 10.0. The molecule has 0 bridgehead atoms. The van der Waals surface area contributed by atoms with Crippen LogP contribution in [-0.2, 0) is 21.9 Å². The van der Waals surface area contributed by atoms with E-state index in [1.807, 2.05) is 82.6 Å². The number of benzene rings is 2. The second kappa shape index (κ2) is 9.92. The summed E-state index contributed by atoms with van der Waals surface area (Å²) in [6.07, 6.45) is 5.46. The first kappa shape index (κ1) is 26.0. The van der Waals surface area contributed by atoms with Gasteiger partial charge in [-0.15, -0.1) is 0 Å². The maximum atomic E-state index is 14.5. The van der Waals surface area contributed by atoms with Gasteiger partial charge < -0.3 is 4.52 Å². The Balaban J connectivity index is 2.28. The van der Waals surface area contributed by atoms with Crippen LogP contribution in [0.3, 0.4) is 0 Å². The minimum Gasteiger partial charge on any atom is -0.420 e. The number of aromatic nitrogens is 2. The number of rotatable bonds is 6. The number of hydrogen-bond donors (Lipinski definition) is 0. The van der Waals surface area contributed by atoms with Gasteiger partial charge in [-0.05, 0) is 36.1 Å². The Hall–Kier alpha value is -2.65. The number of imidazole rings is 1. The Morgan fingerprint density at radius 2 is 1.47 bits per heavy atom. The third-order valence-corrected chi connectivity index (χ3v) is 9.97. The Morgan fingerprint density at radius 3 is 1.97 bits per heavy atom. The number of hydrogen-bond acceptors (Lipinski definition) is 4. The molecular weight excluding hydrogens is 441 g/mol. The molecule has 1 heterocycles. The highest BCUT2D eigenvalue weighted by atomic mass is 31.2. The van der Waals surface area contributed by atoms with Crippen molar-refractivity contribution in [2.45, 2.75) is 78.5 Å². The monoisotopic (exact) mass is 479 g/mol. The van der Waals surface area contributed by atoms with Gasteiger partial charge in [-0.1, -0.05) is 91.8 Å². The molecule has 5 nitrogen and oxygen atoms in total. The summed E-state index contributed by atoms with van der Waals surface area (Å²) >= 11 is 0. The van der Waals surface area contributed by atoms with Crippen LogP contribution in [0.5, 0.6) is 0 Å². The smallest absolute Gasteiger partial charge is 0.264 e. The largest absolute Gasteiger partial charge is 0.420 e. The Bertz CT molecular complexity index is 1160. The molecule has 0 atom stereocenters. The summed E-state index contributed by atoms with van der Waals surface area (Å²) in [6, 6.07) is 16.0. The van der Waals surface area contributed by atoms with E-state index < -0.39 is 17.7 Å². The third-order valence-electron chi connectivity index (χ3n) is 6.01. The molecule has 0 N–H and O–H groups in total. The molecular formula is C28H38N3O2P. The van der Waals surface area contributed by atoms with Crippen molar-refractivity contribution in [2.24, 2.45) is 4.99 Å². The van der Waals surface area contributed by atoms with E-state index in [2.05, 4.69) is 37.0 Å². The second-order valence-electron chi connectivity index (χ2n) is 10.5. The van der Waals surface area contributed by atoms with Gasteiger partial charge in [0.05, 0.1) is 11.4 Å². The molecule has 1 aromatic heterocycles. The van der Waals surface area contributed by atoms with Crippen LogP contribution in [0.25, 0.3) is 5.69 Å². The normalized spacial score (nSPS) is 13.2. The standard InChI is InChI=1S/C28H38N3O2P/c1-9-21-15-14-16-22(10-2)24(21)31-20-19-29-25(31)26(30-23-17-12-11-13-18-23)33-34(32,27(3,4)5)28(6,7)8/h11-20H,9-10H2,1-8H3. The lowest BCUT2D eigenvalue weighted by Gasteiger charge is -2.40. The average Bonchev–Trinajstić information content (AvgIpc) is 3.26. The van der Waals surface area contributed by atoms with Crippen LogP contribution in [0.2, 0.25) is 0 Å². The van der Waals surface area contributed by atoms with Crippen molar-refractivity contribution >= 4 is 19.0 Å². The molecule has 34 heavy (non-hydrogen) atoms. The maximum absolute atomic E-state index is 14.5. The molecule has 0 unspecified atom stereocenters. The highest BCUT2D eigenvalue weighted by molar-refractivity contribution is 7.62. The minimum absolute atomic E-state index is 0.275. The van der Waals surface area contributed by atoms with Gasteiger partial charge in [0, 0.05) is 22.7 Å². The van der Waals surface area contributed by atoms with Gasteiger partial charge in [0.15, 0.2) is 0 Å². The zero-order chi connectivity index (χ0) is 25.1. The zero-order valence-corrected chi connectivity index (χ0v) is 22.7. The van der Waals surface area contributed by atoms with E-state index in [1.54, 1.807) is 6.20 Å². The molecule has 2 aromatic carbocycles. The quantitative estimate of drug-likeness (QED) is 0.205. The Morgan fingerprint density at radius 1 is 0.912 bits per heavy atom. The van der Waals surface area contributed by atoms with Crippen molar-refractivity contribution in [1.82, 2.24) is 9.55 Å². The summed E-state index contributed by atoms with van der Waals surface area (Å²) < 4.78 is 23.1. The average molecular weight is 480 g/mol. The molecule has 0 saturated heterocycles. The zero-order valence-electron chi connectivity index (χ0n) is 21.8. The van der Waals surface area contributed by atoms with E-state index in [0.717, 1.165) is 24.2 Å². The van der Waals surface area contributed by atoms with Crippen LogP contribution in [0, 0.1) is 0 Å². The highest BCUT2D eigenvalue weighted by Gasteiger charge is 2.50. The van der Waals surface area contributed by atoms with E-state index in [1.165, 1.54) is 11.1 Å². The Labute approximate surface area is 204 Å². The molecule has 0 spiro atoms. The van der Waals surface area contributed by atoms with Crippen molar-refractivity contribution in [3.8, 4) is 5.69 Å². The summed E-state index contributed by atoms with van der Waals surface area (Å²) in [4.78, 5) is 9.52. The third kappa shape index (κ3) is 5.05. The second-order valence-corrected chi connectivity index (χ2v) is 14.5. The van der Waals surface area contributed by atoms with Gasteiger partial charge in [-0.2, -0.15) is 0 Å². The van der Waals surface area contributed by atoms with E-state index in [9.17, 15) is 4.57 Å². The van der Waals surface area contributed by atoms with Gasteiger partial charge >= 0.3 is 0 Å². The highest BCUT2D eigenvalue weighted by Crippen LogP contribution is 2.68. The van der Waals surface area contributed by atoms with Crippen molar-refractivity contribution in [3.63, 3.8) is 0 Å². The van der Waals surface area contributed by atoms with Crippen molar-refractivity contribution in [2.75, 3.05) is 0 Å². The summed E-state index contributed by atoms with van der Waals surface area (Å²) in [5.41, 5.74) is 4.24. The van der Waals surface area contributed by atoms with Gasteiger partial charge in [-0.3, -0.25) is 9.13 Å². The fourth-order valence-electron chi connectivity index (χ4n) is 4.30. The first-order chi connectivity index (χ1) is 15.9. The molecule has 0 fully saturated rings. The number of para-hydroxylation sites is 2. The summed E-state index contributed by atoms with van der Waals surface area (Å²) in [6.45, 7) is 16.1. The molecule has 0 aliphatic rings. The summed E-state index contributed by atoms with van der Waals surface area (Å²) in [7, 11) is -3.25. The van der Waals surface area contributed by atoms with Gasteiger partial charge in [0.1, 0.15) is 0 Å². The van der Waals surface area contributed by atoms with E-state index in [-0.39, 0.29) is 5.90 Å². The number of aliphatic imine (C=N–C) groups is 1. The van der Waals surface area contributed by atoms with E-state index >= 15 is 0 Å².